The van der Waals surface area contributed by atoms with Gasteiger partial charge in [-0.05, 0) is 30.4 Å². The highest BCUT2D eigenvalue weighted by Crippen LogP contribution is 2.45. The van der Waals surface area contributed by atoms with Gasteiger partial charge < -0.3 is 19.9 Å². The summed E-state index contributed by atoms with van der Waals surface area (Å²) in [7, 11) is 3.26. The molecule has 1 aliphatic carbocycles. The second-order valence-electron chi connectivity index (χ2n) is 5.88. The Bertz CT molecular complexity index is 659. The van der Waals surface area contributed by atoms with Crippen molar-refractivity contribution in [2.24, 2.45) is 11.7 Å². The minimum Gasteiger partial charge on any atom is -0.493 e. The molecular formula is C19H24ClNO3. The molecule has 0 heterocycles. The summed E-state index contributed by atoms with van der Waals surface area (Å²) in [5.41, 5.74) is 8.51. The van der Waals surface area contributed by atoms with E-state index in [1.807, 2.05) is 42.5 Å². The van der Waals surface area contributed by atoms with Gasteiger partial charge in [-0.15, -0.1) is 12.4 Å². The maximum atomic E-state index is 6.41. The average molecular weight is 350 g/mol. The van der Waals surface area contributed by atoms with Crippen LogP contribution in [0.15, 0.2) is 42.5 Å². The molecule has 2 aromatic carbocycles. The Hall–Kier alpha value is -1.91. The van der Waals surface area contributed by atoms with Crippen molar-refractivity contribution in [3.8, 4) is 17.2 Å². The summed E-state index contributed by atoms with van der Waals surface area (Å²) in [5, 5.41) is 0. The summed E-state index contributed by atoms with van der Waals surface area (Å²) in [5.74, 6) is 2.64. The van der Waals surface area contributed by atoms with Crippen LogP contribution in [0.5, 0.6) is 17.2 Å². The molecule has 0 spiro atoms. The predicted octanol–water partition coefficient (Wildman–Crippen LogP) is 4.11. The first-order valence-corrected chi connectivity index (χ1v) is 7.91. The molecule has 2 N–H and O–H groups in total. The molecular weight excluding hydrogens is 326 g/mol. The summed E-state index contributed by atoms with van der Waals surface area (Å²) in [6, 6.07) is 13.9. The Balaban J connectivity index is 0.00000208. The Morgan fingerprint density at radius 2 is 1.62 bits per heavy atom. The van der Waals surface area contributed by atoms with Gasteiger partial charge in [-0.1, -0.05) is 30.3 Å². The van der Waals surface area contributed by atoms with Crippen LogP contribution >= 0.6 is 12.4 Å². The molecule has 1 aliphatic rings. The number of nitrogens with two attached hydrogens (primary N) is 1. The van der Waals surface area contributed by atoms with Crippen molar-refractivity contribution in [2.45, 2.75) is 25.5 Å². The summed E-state index contributed by atoms with van der Waals surface area (Å²) in [4.78, 5) is 0. The summed E-state index contributed by atoms with van der Waals surface area (Å²) in [6.07, 6.45) is 2.35. The van der Waals surface area contributed by atoms with Crippen molar-refractivity contribution in [1.82, 2.24) is 0 Å². The maximum Gasteiger partial charge on any atom is 0.164 e. The summed E-state index contributed by atoms with van der Waals surface area (Å²) in [6.45, 7) is 0.501. The van der Waals surface area contributed by atoms with Gasteiger partial charge in [0.05, 0.1) is 14.2 Å². The van der Waals surface area contributed by atoms with E-state index in [9.17, 15) is 0 Å². The second kappa shape index (κ2) is 8.27. The van der Waals surface area contributed by atoms with Crippen molar-refractivity contribution in [3.63, 3.8) is 0 Å². The smallest absolute Gasteiger partial charge is 0.164 e. The van der Waals surface area contributed by atoms with E-state index in [2.05, 4.69) is 0 Å². The van der Waals surface area contributed by atoms with E-state index < -0.39 is 0 Å². The lowest BCUT2D eigenvalue weighted by Gasteiger charge is -2.19. The van der Waals surface area contributed by atoms with Gasteiger partial charge in [0.1, 0.15) is 12.4 Å². The van der Waals surface area contributed by atoms with E-state index in [4.69, 9.17) is 19.9 Å². The Morgan fingerprint density at radius 3 is 2.21 bits per heavy atom. The molecule has 5 heteroatoms. The van der Waals surface area contributed by atoms with Crippen molar-refractivity contribution in [3.05, 3.63) is 53.6 Å². The SMILES string of the molecule is COc1cc(OCc2ccccc2)c([C@@H](N)C2CC2)cc1OC.Cl. The number of rotatable bonds is 7. The van der Waals surface area contributed by atoms with Gasteiger partial charge in [0.15, 0.2) is 11.5 Å². The molecule has 0 aromatic heterocycles. The molecule has 24 heavy (non-hydrogen) atoms. The number of halogens is 1. The van der Waals surface area contributed by atoms with Crippen LogP contribution in [0.1, 0.15) is 30.0 Å². The molecule has 1 fully saturated rings. The minimum absolute atomic E-state index is 0. The van der Waals surface area contributed by atoms with Crippen LogP contribution in [0.3, 0.4) is 0 Å². The summed E-state index contributed by atoms with van der Waals surface area (Å²) >= 11 is 0. The fourth-order valence-electron chi connectivity index (χ4n) is 2.71. The second-order valence-corrected chi connectivity index (χ2v) is 5.88. The molecule has 1 atom stereocenters. The van der Waals surface area contributed by atoms with Crippen LogP contribution in [-0.4, -0.2) is 14.2 Å². The molecule has 3 rings (SSSR count). The van der Waals surface area contributed by atoms with E-state index in [-0.39, 0.29) is 18.4 Å². The normalized spacial score (nSPS) is 14.5. The van der Waals surface area contributed by atoms with Crippen molar-refractivity contribution >= 4 is 12.4 Å². The fourth-order valence-corrected chi connectivity index (χ4v) is 2.71. The number of hydrogen-bond acceptors (Lipinski definition) is 4. The van der Waals surface area contributed by atoms with Crippen LogP contribution < -0.4 is 19.9 Å². The van der Waals surface area contributed by atoms with E-state index >= 15 is 0 Å². The van der Waals surface area contributed by atoms with Gasteiger partial charge in [0, 0.05) is 17.7 Å². The van der Waals surface area contributed by atoms with E-state index in [1.54, 1.807) is 14.2 Å². The lowest BCUT2D eigenvalue weighted by molar-refractivity contribution is 0.294. The van der Waals surface area contributed by atoms with Gasteiger partial charge in [0.25, 0.3) is 0 Å². The number of benzene rings is 2. The van der Waals surface area contributed by atoms with Gasteiger partial charge in [-0.3, -0.25) is 0 Å². The van der Waals surface area contributed by atoms with Crippen LogP contribution in [0.25, 0.3) is 0 Å². The van der Waals surface area contributed by atoms with E-state index in [1.165, 1.54) is 12.8 Å². The molecule has 130 valence electrons. The molecule has 0 aliphatic heterocycles. The first kappa shape index (κ1) is 18.4. The zero-order valence-corrected chi connectivity index (χ0v) is 14.8. The maximum absolute atomic E-state index is 6.41. The standard InChI is InChI=1S/C19H23NO3.ClH/c1-21-17-10-15(19(20)14-8-9-14)16(11-18(17)22-2)23-12-13-6-4-3-5-7-13;/h3-7,10-11,14,19H,8-9,12,20H2,1-2H3;1H/t19-;/m0./s1. The molecule has 0 unspecified atom stereocenters. The lowest BCUT2D eigenvalue weighted by Crippen LogP contribution is -2.14. The number of methoxy groups -OCH3 is 2. The average Bonchev–Trinajstić information content (AvgIpc) is 3.44. The fraction of sp³-hybridized carbons (Fsp3) is 0.368. The zero-order chi connectivity index (χ0) is 16.2. The molecule has 1 saturated carbocycles. The van der Waals surface area contributed by atoms with Crippen LogP contribution in [0, 0.1) is 5.92 Å². The quantitative estimate of drug-likeness (QED) is 0.817. The first-order valence-electron chi connectivity index (χ1n) is 7.91. The van der Waals surface area contributed by atoms with Crippen molar-refractivity contribution in [1.29, 1.82) is 0 Å². The minimum atomic E-state index is -0.0272. The van der Waals surface area contributed by atoms with Gasteiger partial charge >= 0.3 is 0 Å². The third-order valence-electron chi connectivity index (χ3n) is 4.24. The molecule has 0 radical (unpaired) electrons. The van der Waals surface area contributed by atoms with Gasteiger partial charge in [0.2, 0.25) is 0 Å². The lowest BCUT2D eigenvalue weighted by atomic mass is 10.0. The first-order chi connectivity index (χ1) is 11.2. The highest BCUT2D eigenvalue weighted by atomic mass is 35.5. The largest absolute Gasteiger partial charge is 0.493 e. The highest BCUT2D eigenvalue weighted by molar-refractivity contribution is 5.85. The Morgan fingerprint density at radius 1 is 1.00 bits per heavy atom. The predicted molar refractivity (Wildman–Crippen MR) is 97.2 cm³/mol. The van der Waals surface area contributed by atoms with Gasteiger partial charge in [-0.2, -0.15) is 0 Å². The topological polar surface area (TPSA) is 53.7 Å². The molecule has 4 nitrogen and oxygen atoms in total. The number of ether oxygens (including phenoxy) is 3. The Labute approximate surface area is 149 Å². The number of hydrogen-bond donors (Lipinski definition) is 1. The molecule has 0 bridgehead atoms. The molecule has 0 saturated heterocycles. The molecule has 0 amide bonds. The third-order valence-corrected chi connectivity index (χ3v) is 4.24. The monoisotopic (exact) mass is 349 g/mol. The highest BCUT2D eigenvalue weighted by Gasteiger charge is 2.32. The van der Waals surface area contributed by atoms with Crippen molar-refractivity contribution in [2.75, 3.05) is 14.2 Å². The summed E-state index contributed by atoms with van der Waals surface area (Å²) < 4.78 is 16.9. The van der Waals surface area contributed by atoms with E-state index in [0.29, 0.717) is 24.0 Å². The van der Waals surface area contributed by atoms with Crippen molar-refractivity contribution < 1.29 is 14.2 Å². The molecule has 2 aromatic rings. The van der Waals surface area contributed by atoms with Crippen LogP contribution in [-0.2, 0) is 6.61 Å². The Kier molecular flexibility index (Phi) is 6.35. The zero-order valence-electron chi connectivity index (χ0n) is 14.0. The van der Waals surface area contributed by atoms with E-state index in [0.717, 1.165) is 16.9 Å². The van der Waals surface area contributed by atoms with Crippen LogP contribution in [0.2, 0.25) is 0 Å². The van der Waals surface area contributed by atoms with Crippen LogP contribution in [0.4, 0.5) is 0 Å². The van der Waals surface area contributed by atoms with Gasteiger partial charge in [-0.25, -0.2) is 0 Å². The third kappa shape index (κ3) is 4.13.